The average Bonchev–Trinajstić information content (AvgIpc) is 2.85. The minimum Gasteiger partial charge on any atom is -0.299 e. The van der Waals surface area contributed by atoms with Crippen LogP contribution < -0.4 is 4.31 Å². The molecule has 1 unspecified atom stereocenters. The summed E-state index contributed by atoms with van der Waals surface area (Å²) in [6.07, 6.45) is 5.48. The largest absolute Gasteiger partial charge is 0.299 e. The van der Waals surface area contributed by atoms with Crippen molar-refractivity contribution < 1.29 is 8.42 Å². The fourth-order valence-electron chi connectivity index (χ4n) is 5.05. The van der Waals surface area contributed by atoms with Gasteiger partial charge in [0.1, 0.15) is 0 Å². The molecule has 0 N–H and O–H groups in total. The van der Waals surface area contributed by atoms with Crippen LogP contribution in [0.25, 0.3) is 0 Å². The molecule has 0 aromatic heterocycles. The van der Waals surface area contributed by atoms with Crippen LogP contribution in [0.2, 0.25) is 5.02 Å². The number of aryl methyl sites for hydroxylation is 1. The molecule has 0 aliphatic carbocycles. The molecule has 4 nitrogen and oxygen atoms in total. The monoisotopic (exact) mass is 480 g/mol. The Bertz CT molecular complexity index is 1200. The Labute approximate surface area is 201 Å². The van der Waals surface area contributed by atoms with Gasteiger partial charge in [-0.1, -0.05) is 60.5 Å². The van der Waals surface area contributed by atoms with Gasteiger partial charge in [-0.2, -0.15) is 0 Å². The van der Waals surface area contributed by atoms with Crippen molar-refractivity contribution in [1.82, 2.24) is 4.90 Å². The summed E-state index contributed by atoms with van der Waals surface area (Å²) < 4.78 is 29.3. The first-order valence-corrected chi connectivity index (χ1v) is 13.5. The maximum absolute atomic E-state index is 13.9. The molecule has 0 bridgehead atoms. The first-order valence-electron chi connectivity index (χ1n) is 11.7. The van der Waals surface area contributed by atoms with Gasteiger partial charge in [-0.3, -0.25) is 9.21 Å². The molecular weight excluding hydrogens is 452 g/mol. The van der Waals surface area contributed by atoms with Crippen LogP contribution in [0.15, 0.2) is 77.7 Å². The molecule has 3 aromatic rings. The Hall–Kier alpha value is -2.34. The lowest BCUT2D eigenvalue weighted by molar-refractivity contribution is 0.221. The summed E-state index contributed by atoms with van der Waals surface area (Å²) in [5.74, 6) is 0. The Morgan fingerprint density at radius 3 is 2.27 bits per heavy atom. The predicted octanol–water partition coefficient (Wildman–Crippen LogP) is 6.21. The minimum atomic E-state index is -3.76. The van der Waals surface area contributed by atoms with Crippen LogP contribution in [-0.2, 0) is 23.0 Å². The summed E-state index contributed by atoms with van der Waals surface area (Å²) in [6, 6.07) is 22.6. The number of sulfonamides is 1. The quantitative estimate of drug-likeness (QED) is 0.436. The van der Waals surface area contributed by atoms with E-state index in [0.717, 1.165) is 49.3 Å². The average molecular weight is 481 g/mol. The third-order valence-electron chi connectivity index (χ3n) is 6.79. The summed E-state index contributed by atoms with van der Waals surface area (Å²) in [6.45, 7) is 3.28. The van der Waals surface area contributed by atoms with Gasteiger partial charge in [0.25, 0.3) is 10.0 Å². The van der Waals surface area contributed by atoms with E-state index in [1.807, 2.05) is 24.3 Å². The first-order chi connectivity index (χ1) is 16.0. The Kier molecular flexibility index (Phi) is 6.46. The van der Waals surface area contributed by atoms with Crippen LogP contribution in [0.3, 0.4) is 0 Å². The second kappa shape index (κ2) is 9.49. The number of nitrogens with zero attached hydrogens (tertiary/aromatic N) is 2. The number of para-hydroxylation sites is 1. The molecule has 0 saturated carbocycles. The van der Waals surface area contributed by atoms with Crippen molar-refractivity contribution in [3.8, 4) is 0 Å². The molecule has 0 spiro atoms. The van der Waals surface area contributed by atoms with Gasteiger partial charge in [-0.05, 0) is 85.8 Å². The van der Waals surface area contributed by atoms with Crippen molar-refractivity contribution in [2.45, 2.75) is 49.6 Å². The maximum atomic E-state index is 13.9. The Balaban J connectivity index is 1.48. The number of benzene rings is 3. The van der Waals surface area contributed by atoms with Crippen molar-refractivity contribution in [2.24, 2.45) is 0 Å². The number of hydrogen-bond acceptors (Lipinski definition) is 3. The minimum absolute atomic E-state index is 0.246. The molecule has 5 rings (SSSR count). The fourth-order valence-corrected chi connectivity index (χ4v) is 6.89. The molecule has 2 heterocycles. The molecule has 33 heavy (non-hydrogen) atoms. The van der Waals surface area contributed by atoms with Gasteiger partial charge in [0, 0.05) is 11.6 Å². The third-order valence-corrected chi connectivity index (χ3v) is 8.88. The second-order valence-corrected chi connectivity index (χ2v) is 11.3. The molecule has 1 saturated heterocycles. The van der Waals surface area contributed by atoms with Gasteiger partial charge >= 0.3 is 0 Å². The van der Waals surface area contributed by atoms with Gasteiger partial charge in [0.15, 0.2) is 0 Å². The topological polar surface area (TPSA) is 40.6 Å². The standard InChI is InChI=1S/C27H29ClN2O2S/c28-24-13-15-25(16-14-24)33(31,32)30-26-7-3-2-6-22(26)12-17-27(30)23-10-8-21(9-11-23)20-29-18-4-1-5-19-29/h2-3,6-11,13-16,27H,1,4-5,12,17-20H2. The summed E-state index contributed by atoms with van der Waals surface area (Å²) >= 11 is 6.03. The van der Waals surface area contributed by atoms with Crippen molar-refractivity contribution in [3.63, 3.8) is 0 Å². The highest BCUT2D eigenvalue weighted by molar-refractivity contribution is 7.92. The molecule has 1 atom stereocenters. The van der Waals surface area contributed by atoms with Gasteiger partial charge < -0.3 is 0 Å². The van der Waals surface area contributed by atoms with E-state index in [0.29, 0.717) is 5.02 Å². The summed E-state index contributed by atoms with van der Waals surface area (Å²) in [5.41, 5.74) is 4.14. The summed E-state index contributed by atoms with van der Waals surface area (Å²) in [5, 5.41) is 0.522. The van der Waals surface area contributed by atoms with E-state index in [1.54, 1.807) is 28.6 Å². The van der Waals surface area contributed by atoms with Crippen LogP contribution in [0, 0.1) is 0 Å². The van der Waals surface area contributed by atoms with Gasteiger partial charge in [0.05, 0.1) is 16.6 Å². The van der Waals surface area contributed by atoms with E-state index >= 15 is 0 Å². The van der Waals surface area contributed by atoms with E-state index in [1.165, 1.54) is 24.8 Å². The number of rotatable bonds is 5. The van der Waals surface area contributed by atoms with Crippen LogP contribution in [-0.4, -0.2) is 26.4 Å². The lowest BCUT2D eigenvalue weighted by Gasteiger charge is -2.38. The Morgan fingerprint density at radius 2 is 1.55 bits per heavy atom. The highest BCUT2D eigenvalue weighted by atomic mass is 35.5. The molecular formula is C27H29ClN2O2S. The fraction of sp³-hybridized carbons (Fsp3) is 0.333. The lowest BCUT2D eigenvalue weighted by atomic mass is 9.93. The normalized spacial score (nSPS) is 19.3. The van der Waals surface area contributed by atoms with E-state index in [2.05, 4.69) is 29.2 Å². The molecule has 2 aliphatic rings. The number of anilines is 1. The summed E-state index contributed by atoms with van der Waals surface area (Å²) in [4.78, 5) is 2.77. The van der Waals surface area contributed by atoms with E-state index < -0.39 is 10.0 Å². The first kappa shape index (κ1) is 22.5. The maximum Gasteiger partial charge on any atom is 0.264 e. The van der Waals surface area contributed by atoms with Gasteiger partial charge in [-0.25, -0.2) is 8.42 Å². The van der Waals surface area contributed by atoms with Gasteiger partial charge in [-0.15, -0.1) is 0 Å². The molecule has 0 radical (unpaired) electrons. The Morgan fingerprint density at radius 1 is 0.848 bits per heavy atom. The zero-order valence-electron chi connectivity index (χ0n) is 18.7. The summed E-state index contributed by atoms with van der Waals surface area (Å²) in [7, 11) is -3.76. The van der Waals surface area contributed by atoms with Gasteiger partial charge in [0.2, 0.25) is 0 Å². The van der Waals surface area contributed by atoms with Crippen molar-refractivity contribution >= 4 is 27.3 Å². The van der Waals surface area contributed by atoms with Crippen LogP contribution in [0.4, 0.5) is 5.69 Å². The zero-order valence-corrected chi connectivity index (χ0v) is 20.2. The molecule has 2 aliphatic heterocycles. The molecule has 0 amide bonds. The number of hydrogen-bond donors (Lipinski definition) is 0. The highest BCUT2D eigenvalue weighted by Gasteiger charge is 2.36. The number of likely N-dealkylation sites (tertiary alicyclic amines) is 1. The number of halogens is 1. The predicted molar refractivity (Wildman–Crippen MR) is 134 cm³/mol. The number of piperidine rings is 1. The molecule has 6 heteroatoms. The number of fused-ring (bicyclic) bond motifs is 1. The van der Waals surface area contributed by atoms with Crippen molar-refractivity contribution in [2.75, 3.05) is 17.4 Å². The van der Waals surface area contributed by atoms with E-state index in [9.17, 15) is 8.42 Å². The van der Waals surface area contributed by atoms with Crippen LogP contribution in [0.5, 0.6) is 0 Å². The van der Waals surface area contributed by atoms with Crippen molar-refractivity contribution in [3.05, 3.63) is 94.5 Å². The van der Waals surface area contributed by atoms with E-state index in [4.69, 9.17) is 11.6 Å². The second-order valence-electron chi connectivity index (χ2n) is 9.02. The smallest absolute Gasteiger partial charge is 0.264 e. The lowest BCUT2D eigenvalue weighted by Crippen LogP contribution is -2.38. The SMILES string of the molecule is O=S(=O)(c1ccc(Cl)cc1)N1c2ccccc2CCC1c1ccc(CN2CCCCC2)cc1. The molecule has 172 valence electrons. The van der Waals surface area contributed by atoms with E-state index in [-0.39, 0.29) is 10.9 Å². The highest BCUT2D eigenvalue weighted by Crippen LogP contribution is 2.42. The van der Waals surface area contributed by atoms with Crippen molar-refractivity contribution in [1.29, 1.82) is 0 Å². The zero-order chi connectivity index (χ0) is 22.8. The van der Waals surface area contributed by atoms with Crippen LogP contribution in [0.1, 0.15) is 48.4 Å². The molecule has 1 fully saturated rings. The third kappa shape index (κ3) is 4.68. The molecule has 3 aromatic carbocycles. The van der Waals surface area contributed by atoms with Crippen LogP contribution >= 0.6 is 11.6 Å².